The summed E-state index contributed by atoms with van der Waals surface area (Å²) < 4.78 is 22.8. The molecule has 0 aromatic carbocycles. The number of rotatable bonds is 5. The number of hydrogen-bond acceptors (Lipinski definition) is 3. The minimum absolute atomic E-state index is 0.259. The third-order valence-corrected chi connectivity index (χ3v) is 5.63. The van der Waals surface area contributed by atoms with Gasteiger partial charge in [-0.25, -0.2) is 8.42 Å². The lowest BCUT2D eigenvalue weighted by Crippen LogP contribution is -2.37. The Hall–Kier alpha value is 0.390. The molecule has 0 aromatic rings. The van der Waals surface area contributed by atoms with Crippen LogP contribution in [0.1, 0.15) is 20.3 Å². The number of halogens is 1. The number of alkyl halides is 1. The molecule has 1 fully saturated rings. The molecule has 1 rings (SSSR count). The zero-order valence-corrected chi connectivity index (χ0v) is 11.8. The molecule has 5 heteroatoms. The van der Waals surface area contributed by atoms with Gasteiger partial charge in [0.2, 0.25) is 0 Å². The molecular weight excluding hydrogens is 278 g/mol. The first-order valence-corrected chi connectivity index (χ1v) is 8.45. The van der Waals surface area contributed by atoms with Crippen LogP contribution >= 0.6 is 15.9 Å². The molecule has 3 nitrogen and oxygen atoms in total. The van der Waals surface area contributed by atoms with Crippen LogP contribution in [0.2, 0.25) is 0 Å². The monoisotopic (exact) mass is 297 g/mol. The minimum atomic E-state index is -2.81. The van der Waals surface area contributed by atoms with Crippen molar-refractivity contribution in [2.75, 3.05) is 29.9 Å². The van der Waals surface area contributed by atoms with Crippen LogP contribution < -0.4 is 0 Å². The van der Waals surface area contributed by atoms with Gasteiger partial charge in [0.05, 0.1) is 5.75 Å². The van der Waals surface area contributed by atoms with Gasteiger partial charge in [0.15, 0.2) is 9.84 Å². The van der Waals surface area contributed by atoms with E-state index in [4.69, 9.17) is 0 Å². The molecular formula is C10H20BrNO2S. The lowest BCUT2D eigenvalue weighted by atomic mass is 10.1. The van der Waals surface area contributed by atoms with Crippen molar-refractivity contribution in [1.82, 2.24) is 4.90 Å². The molecule has 2 atom stereocenters. The lowest BCUT2D eigenvalue weighted by molar-refractivity contribution is 0.266. The molecule has 1 aliphatic heterocycles. The molecule has 1 saturated heterocycles. The second kappa shape index (κ2) is 5.64. The molecule has 90 valence electrons. The van der Waals surface area contributed by atoms with Crippen LogP contribution in [0, 0.1) is 5.92 Å². The molecule has 0 amide bonds. The quantitative estimate of drug-likeness (QED) is 0.722. The van der Waals surface area contributed by atoms with E-state index in [1.165, 1.54) is 6.42 Å². The number of hydrogen-bond donors (Lipinski definition) is 0. The number of nitrogens with zero attached hydrogens (tertiary/aromatic N) is 1. The third-order valence-electron chi connectivity index (χ3n) is 3.28. The van der Waals surface area contributed by atoms with Gasteiger partial charge >= 0.3 is 0 Å². The Morgan fingerprint density at radius 2 is 2.13 bits per heavy atom. The zero-order valence-electron chi connectivity index (χ0n) is 9.45. The van der Waals surface area contributed by atoms with Crippen molar-refractivity contribution in [1.29, 1.82) is 0 Å². The van der Waals surface area contributed by atoms with Crippen molar-refractivity contribution in [3.63, 3.8) is 0 Å². The van der Waals surface area contributed by atoms with Gasteiger partial charge in [0.25, 0.3) is 0 Å². The van der Waals surface area contributed by atoms with E-state index in [-0.39, 0.29) is 5.75 Å². The van der Waals surface area contributed by atoms with E-state index in [1.807, 2.05) is 0 Å². The van der Waals surface area contributed by atoms with Gasteiger partial charge in [-0.15, -0.1) is 0 Å². The highest BCUT2D eigenvalue weighted by atomic mass is 79.9. The predicted octanol–water partition coefficient (Wildman–Crippen LogP) is 1.53. The molecule has 0 N–H and O–H groups in total. The largest absolute Gasteiger partial charge is 0.298 e. The van der Waals surface area contributed by atoms with Crippen LogP contribution in [-0.4, -0.2) is 49.3 Å². The second-order valence-electron chi connectivity index (χ2n) is 4.26. The molecule has 0 radical (unpaired) electrons. The summed E-state index contributed by atoms with van der Waals surface area (Å²) in [5.74, 6) is 1.24. The van der Waals surface area contributed by atoms with Gasteiger partial charge in [-0.2, -0.15) is 0 Å². The Bertz CT molecular complexity index is 292. The first-order chi connectivity index (χ1) is 7.00. The summed E-state index contributed by atoms with van der Waals surface area (Å²) in [6.45, 7) is 5.68. The summed E-state index contributed by atoms with van der Waals surface area (Å²) in [5.41, 5.74) is 0. The van der Waals surface area contributed by atoms with Crippen LogP contribution in [0.4, 0.5) is 0 Å². The third kappa shape index (κ3) is 3.71. The highest BCUT2D eigenvalue weighted by Crippen LogP contribution is 2.24. The Morgan fingerprint density at radius 1 is 1.47 bits per heavy atom. The van der Waals surface area contributed by atoms with Gasteiger partial charge in [0, 0.05) is 23.7 Å². The standard InChI is InChI=1S/C10H20BrNO2S/c1-3-15(13,14)7-6-12-5-4-9(2)10(12)8-11/h9-10H,3-8H2,1-2H3. The van der Waals surface area contributed by atoms with Gasteiger partial charge in [0.1, 0.15) is 0 Å². The molecule has 0 bridgehead atoms. The van der Waals surface area contributed by atoms with Crippen molar-refractivity contribution >= 4 is 25.8 Å². The SMILES string of the molecule is CCS(=O)(=O)CCN1CCC(C)C1CBr. The van der Waals surface area contributed by atoms with Crippen LogP contribution in [0.15, 0.2) is 0 Å². The van der Waals surface area contributed by atoms with Crippen molar-refractivity contribution in [2.45, 2.75) is 26.3 Å². The van der Waals surface area contributed by atoms with Crippen molar-refractivity contribution < 1.29 is 8.42 Å². The minimum Gasteiger partial charge on any atom is -0.298 e. The van der Waals surface area contributed by atoms with Gasteiger partial charge in [-0.05, 0) is 18.9 Å². The summed E-state index contributed by atoms with van der Waals surface area (Å²) in [6.07, 6.45) is 1.18. The van der Waals surface area contributed by atoms with Crippen LogP contribution in [-0.2, 0) is 9.84 Å². The molecule has 2 unspecified atom stereocenters. The van der Waals surface area contributed by atoms with Gasteiger partial charge in [-0.1, -0.05) is 29.8 Å². The fraction of sp³-hybridized carbons (Fsp3) is 1.00. The highest BCUT2D eigenvalue weighted by molar-refractivity contribution is 9.09. The zero-order chi connectivity index (χ0) is 11.5. The number of likely N-dealkylation sites (tertiary alicyclic amines) is 1. The smallest absolute Gasteiger partial charge is 0.151 e. The fourth-order valence-corrected chi connectivity index (χ4v) is 3.86. The number of sulfone groups is 1. The van der Waals surface area contributed by atoms with E-state index in [0.29, 0.717) is 24.3 Å². The van der Waals surface area contributed by atoms with Crippen LogP contribution in [0.3, 0.4) is 0 Å². The van der Waals surface area contributed by atoms with E-state index in [1.54, 1.807) is 6.92 Å². The fourth-order valence-electron chi connectivity index (χ4n) is 2.02. The topological polar surface area (TPSA) is 37.4 Å². The molecule has 15 heavy (non-hydrogen) atoms. The Kier molecular flexibility index (Phi) is 5.06. The van der Waals surface area contributed by atoms with Crippen LogP contribution in [0.25, 0.3) is 0 Å². The van der Waals surface area contributed by atoms with Gasteiger partial charge in [-0.3, -0.25) is 4.90 Å². The van der Waals surface area contributed by atoms with E-state index in [9.17, 15) is 8.42 Å². The summed E-state index contributed by atoms with van der Waals surface area (Å²) in [4.78, 5) is 2.30. The Balaban J connectivity index is 2.46. The van der Waals surface area contributed by atoms with E-state index < -0.39 is 9.84 Å². The summed E-state index contributed by atoms with van der Waals surface area (Å²) in [6, 6.07) is 0.511. The van der Waals surface area contributed by atoms with Crippen molar-refractivity contribution in [3.8, 4) is 0 Å². The first kappa shape index (κ1) is 13.5. The maximum Gasteiger partial charge on any atom is 0.151 e. The highest BCUT2D eigenvalue weighted by Gasteiger charge is 2.30. The molecule has 0 saturated carbocycles. The van der Waals surface area contributed by atoms with E-state index >= 15 is 0 Å². The summed E-state index contributed by atoms with van der Waals surface area (Å²) in [7, 11) is -2.81. The Morgan fingerprint density at radius 3 is 2.67 bits per heavy atom. The van der Waals surface area contributed by atoms with Crippen molar-refractivity contribution in [2.24, 2.45) is 5.92 Å². The lowest BCUT2D eigenvalue weighted by Gasteiger charge is -2.24. The average molecular weight is 298 g/mol. The molecule has 0 aliphatic carbocycles. The molecule has 0 aromatic heterocycles. The van der Waals surface area contributed by atoms with Gasteiger partial charge < -0.3 is 0 Å². The van der Waals surface area contributed by atoms with Crippen LogP contribution in [0.5, 0.6) is 0 Å². The summed E-state index contributed by atoms with van der Waals surface area (Å²) >= 11 is 3.50. The maximum atomic E-state index is 11.4. The molecule has 1 heterocycles. The second-order valence-corrected chi connectivity index (χ2v) is 7.38. The summed E-state index contributed by atoms with van der Waals surface area (Å²) in [5, 5.41) is 0.945. The van der Waals surface area contributed by atoms with E-state index in [0.717, 1.165) is 11.9 Å². The normalized spacial score (nSPS) is 28.5. The average Bonchev–Trinajstić information content (AvgIpc) is 2.56. The first-order valence-electron chi connectivity index (χ1n) is 5.50. The van der Waals surface area contributed by atoms with E-state index in [2.05, 4.69) is 27.8 Å². The molecule has 1 aliphatic rings. The van der Waals surface area contributed by atoms with Crippen molar-refractivity contribution in [3.05, 3.63) is 0 Å². The Labute approximate surface area is 101 Å². The predicted molar refractivity (Wildman–Crippen MR) is 67.3 cm³/mol. The molecule has 0 spiro atoms. The maximum absolute atomic E-state index is 11.4.